The van der Waals surface area contributed by atoms with Gasteiger partial charge < -0.3 is 10.6 Å². The highest BCUT2D eigenvalue weighted by Gasteiger charge is 2.16. The fourth-order valence-electron chi connectivity index (χ4n) is 2.06. The molecule has 0 unspecified atom stereocenters. The van der Waals surface area contributed by atoms with Crippen LogP contribution < -0.4 is 10.6 Å². The largest absolute Gasteiger partial charge is 0.357 e. The molecular formula is C12H17N7S. The summed E-state index contributed by atoms with van der Waals surface area (Å²) in [5.41, 5.74) is 0. The third-order valence-corrected chi connectivity index (χ3v) is 4.19. The molecule has 0 aromatic carbocycles. The van der Waals surface area contributed by atoms with Crippen LogP contribution in [-0.2, 0) is 0 Å². The van der Waals surface area contributed by atoms with E-state index in [2.05, 4.69) is 30.6 Å². The molecule has 1 aliphatic heterocycles. The molecule has 7 nitrogen and oxygen atoms in total. The topological polar surface area (TPSA) is 80.5 Å². The zero-order valence-electron chi connectivity index (χ0n) is 11.3. The van der Waals surface area contributed by atoms with Gasteiger partial charge in [-0.25, -0.2) is 4.98 Å². The quantitative estimate of drug-likeness (QED) is 0.881. The Balaban J connectivity index is 1.84. The lowest BCUT2D eigenvalue weighted by Crippen LogP contribution is -2.26. The van der Waals surface area contributed by atoms with Crippen molar-refractivity contribution in [3.63, 3.8) is 0 Å². The van der Waals surface area contributed by atoms with Gasteiger partial charge in [-0.2, -0.15) is 26.7 Å². The van der Waals surface area contributed by atoms with Crippen molar-refractivity contribution in [2.45, 2.75) is 18.9 Å². The van der Waals surface area contributed by atoms with Crippen molar-refractivity contribution in [2.75, 3.05) is 29.2 Å². The van der Waals surface area contributed by atoms with Gasteiger partial charge in [-0.05, 0) is 24.3 Å². The van der Waals surface area contributed by atoms with E-state index in [-0.39, 0.29) is 0 Å². The third-order valence-electron chi connectivity index (χ3n) is 3.14. The highest BCUT2D eigenvalue weighted by atomic mass is 32.2. The van der Waals surface area contributed by atoms with E-state index < -0.39 is 0 Å². The average Bonchev–Trinajstić information content (AvgIpc) is 3.02. The Morgan fingerprint density at radius 3 is 2.70 bits per heavy atom. The van der Waals surface area contributed by atoms with Gasteiger partial charge in [0.2, 0.25) is 17.8 Å². The van der Waals surface area contributed by atoms with E-state index in [1.807, 2.05) is 18.0 Å². The van der Waals surface area contributed by atoms with Crippen molar-refractivity contribution in [1.29, 1.82) is 0 Å². The van der Waals surface area contributed by atoms with Crippen LogP contribution in [0.5, 0.6) is 0 Å². The number of nitrogens with one attached hydrogen (secondary N) is 2. The van der Waals surface area contributed by atoms with E-state index in [1.54, 1.807) is 24.1 Å². The first-order valence-electron chi connectivity index (χ1n) is 6.61. The van der Waals surface area contributed by atoms with Crippen molar-refractivity contribution in [3.05, 3.63) is 18.7 Å². The van der Waals surface area contributed by atoms with E-state index in [1.165, 1.54) is 11.5 Å². The normalized spacial score (nSPS) is 16.1. The molecule has 0 spiro atoms. The zero-order valence-corrected chi connectivity index (χ0v) is 12.1. The van der Waals surface area contributed by atoms with Crippen molar-refractivity contribution in [1.82, 2.24) is 24.5 Å². The average molecular weight is 291 g/mol. The summed E-state index contributed by atoms with van der Waals surface area (Å²) in [5, 5.41) is 6.38. The lowest BCUT2D eigenvalue weighted by Gasteiger charge is -2.22. The smallest absolute Gasteiger partial charge is 0.241 e. The second-order valence-corrected chi connectivity index (χ2v) is 5.76. The Kier molecular flexibility index (Phi) is 4.00. The maximum absolute atomic E-state index is 4.46. The fourth-order valence-corrected chi connectivity index (χ4v) is 3.16. The molecule has 0 bridgehead atoms. The van der Waals surface area contributed by atoms with Gasteiger partial charge in [0.1, 0.15) is 6.33 Å². The van der Waals surface area contributed by atoms with Crippen LogP contribution in [0.4, 0.5) is 11.9 Å². The number of hydrogen-bond donors (Lipinski definition) is 2. The molecule has 20 heavy (non-hydrogen) atoms. The van der Waals surface area contributed by atoms with E-state index in [0.29, 0.717) is 23.9 Å². The molecule has 2 aromatic rings. The Labute approximate surface area is 121 Å². The van der Waals surface area contributed by atoms with Gasteiger partial charge in [0.05, 0.1) is 0 Å². The molecule has 0 aliphatic carbocycles. The molecule has 2 N–H and O–H groups in total. The summed E-state index contributed by atoms with van der Waals surface area (Å²) >= 11 is 2.00. The molecule has 1 saturated heterocycles. The first-order valence-corrected chi connectivity index (χ1v) is 7.77. The second kappa shape index (κ2) is 6.08. The highest BCUT2D eigenvalue weighted by molar-refractivity contribution is 7.99. The predicted octanol–water partition coefficient (Wildman–Crippen LogP) is 1.41. The van der Waals surface area contributed by atoms with Gasteiger partial charge in [0.25, 0.3) is 0 Å². The van der Waals surface area contributed by atoms with Gasteiger partial charge in [-0.1, -0.05) is 0 Å². The first kappa shape index (κ1) is 13.2. The second-order valence-electron chi connectivity index (χ2n) is 4.53. The van der Waals surface area contributed by atoms with Crippen molar-refractivity contribution >= 4 is 23.7 Å². The predicted molar refractivity (Wildman–Crippen MR) is 80.5 cm³/mol. The highest BCUT2D eigenvalue weighted by Crippen LogP contribution is 2.20. The van der Waals surface area contributed by atoms with Crippen LogP contribution in [0, 0.1) is 0 Å². The fraction of sp³-hybridized carbons (Fsp3) is 0.500. The van der Waals surface area contributed by atoms with Crippen molar-refractivity contribution in [3.8, 4) is 5.95 Å². The SMILES string of the molecule is CNc1nc(NC2CCSCC2)nc(-n2ccnc2)n1. The maximum atomic E-state index is 4.46. The van der Waals surface area contributed by atoms with E-state index in [0.717, 1.165) is 12.8 Å². The van der Waals surface area contributed by atoms with Gasteiger partial charge in [0, 0.05) is 25.5 Å². The Hall–Kier alpha value is -1.83. The Bertz CT molecular complexity index is 551. The summed E-state index contributed by atoms with van der Waals surface area (Å²) in [5.74, 6) is 4.11. The van der Waals surface area contributed by atoms with Crippen molar-refractivity contribution < 1.29 is 0 Å². The molecule has 0 saturated carbocycles. The molecule has 8 heteroatoms. The summed E-state index contributed by atoms with van der Waals surface area (Å²) in [7, 11) is 1.80. The van der Waals surface area contributed by atoms with Crippen LogP contribution in [0.25, 0.3) is 5.95 Å². The molecule has 106 valence electrons. The summed E-state index contributed by atoms with van der Waals surface area (Å²) in [6, 6.07) is 0.444. The third kappa shape index (κ3) is 3.01. The number of anilines is 2. The van der Waals surface area contributed by atoms with E-state index in [4.69, 9.17) is 0 Å². The number of rotatable bonds is 4. The first-order chi connectivity index (χ1) is 9.85. The molecule has 0 amide bonds. The summed E-state index contributed by atoms with van der Waals surface area (Å²) in [6.07, 6.45) is 7.48. The summed E-state index contributed by atoms with van der Waals surface area (Å²) < 4.78 is 1.77. The molecule has 1 aliphatic rings. The maximum Gasteiger partial charge on any atom is 0.241 e. The summed E-state index contributed by atoms with van der Waals surface area (Å²) in [6.45, 7) is 0. The molecule has 0 radical (unpaired) electrons. The van der Waals surface area contributed by atoms with Gasteiger partial charge >= 0.3 is 0 Å². The number of imidazole rings is 1. The number of hydrogen-bond acceptors (Lipinski definition) is 7. The van der Waals surface area contributed by atoms with Crippen molar-refractivity contribution in [2.24, 2.45) is 0 Å². The number of aromatic nitrogens is 5. The molecule has 1 fully saturated rings. The van der Waals surface area contributed by atoms with Crippen LogP contribution in [0.1, 0.15) is 12.8 Å². The minimum absolute atomic E-state index is 0.444. The number of nitrogens with zero attached hydrogens (tertiary/aromatic N) is 5. The molecule has 2 aromatic heterocycles. The number of thioether (sulfide) groups is 1. The van der Waals surface area contributed by atoms with Gasteiger partial charge in [-0.15, -0.1) is 0 Å². The standard InChI is InChI=1S/C12H17N7S/c1-13-10-16-11(15-9-2-6-20-7-3-9)18-12(17-10)19-5-4-14-8-19/h4-5,8-9H,2-3,6-7H2,1H3,(H2,13,15,16,17,18). The van der Waals surface area contributed by atoms with Crippen LogP contribution in [-0.4, -0.2) is 49.1 Å². The lowest BCUT2D eigenvalue weighted by molar-refractivity contribution is 0.658. The lowest BCUT2D eigenvalue weighted by atomic mass is 10.2. The minimum atomic E-state index is 0.444. The minimum Gasteiger partial charge on any atom is -0.357 e. The molecule has 0 atom stereocenters. The van der Waals surface area contributed by atoms with Crippen LogP contribution in [0.3, 0.4) is 0 Å². The Morgan fingerprint density at radius 2 is 2.00 bits per heavy atom. The van der Waals surface area contributed by atoms with Crippen LogP contribution >= 0.6 is 11.8 Å². The van der Waals surface area contributed by atoms with E-state index in [9.17, 15) is 0 Å². The molecular weight excluding hydrogens is 274 g/mol. The molecule has 3 heterocycles. The van der Waals surface area contributed by atoms with Crippen LogP contribution in [0.15, 0.2) is 18.7 Å². The van der Waals surface area contributed by atoms with Crippen LogP contribution in [0.2, 0.25) is 0 Å². The van der Waals surface area contributed by atoms with E-state index >= 15 is 0 Å². The van der Waals surface area contributed by atoms with Gasteiger partial charge in [-0.3, -0.25) is 4.57 Å². The monoisotopic (exact) mass is 291 g/mol. The Morgan fingerprint density at radius 1 is 1.20 bits per heavy atom. The zero-order chi connectivity index (χ0) is 13.8. The molecule has 3 rings (SSSR count). The van der Waals surface area contributed by atoms with Gasteiger partial charge in [0.15, 0.2) is 0 Å². The summed E-state index contributed by atoms with van der Waals surface area (Å²) in [4.78, 5) is 17.2.